The Hall–Kier alpha value is -1.31. The highest BCUT2D eigenvalue weighted by Crippen LogP contribution is 2.15. The molecule has 0 unspecified atom stereocenters. The zero-order chi connectivity index (χ0) is 18.2. The summed E-state index contributed by atoms with van der Waals surface area (Å²) in [6, 6.07) is 7.10. The van der Waals surface area contributed by atoms with E-state index >= 15 is 0 Å². The Morgan fingerprint density at radius 3 is 2.33 bits per heavy atom. The number of amides is 1. The van der Waals surface area contributed by atoms with Gasteiger partial charge in [-0.3, -0.25) is 4.79 Å². The number of ether oxygens (including phenoxy) is 1. The van der Waals surface area contributed by atoms with E-state index in [1.807, 2.05) is 31.1 Å². The Labute approximate surface area is 145 Å². The van der Waals surface area contributed by atoms with Crippen LogP contribution in [-0.4, -0.2) is 62.3 Å². The van der Waals surface area contributed by atoms with Gasteiger partial charge in [0.1, 0.15) is 6.61 Å². The summed E-state index contributed by atoms with van der Waals surface area (Å²) in [6.45, 7) is -0.0772. The first kappa shape index (κ1) is 20.7. The SMILES string of the molecule is CN(C)CCN(Cc1ccc(Cl)cc1)C(=O)CCOCC(F)(F)F. The van der Waals surface area contributed by atoms with E-state index < -0.39 is 12.8 Å². The first-order chi connectivity index (χ1) is 11.2. The van der Waals surface area contributed by atoms with Crippen LogP contribution in [-0.2, 0) is 16.1 Å². The van der Waals surface area contributed by atoms with Gasteiger partial charge in [-0.25, -0.2) is 0 Å². The molecular weight excluding hydrogens is 345 g/mol. The van der Waals surface area contributed by atoms with Crippen LogP contribution in [0.1, 0.15) is 12.0 Å². The molecule has 0 heterocycles. The van der Waals surface area contributed by atoms with Gasteiger partial charge in [0, 0.05) is 24.7 Å². The first-order valence-corrected chi connectivity index (χ1v) is 7.86. The van der Waals surface area contributed by atoms with Gasteiger partial charge in [0.05, 0.1) is 13.0 Å². The van der Waals surface area contributed by atoms with Crippen LogP contribution in [0, 0.1) is 0 Å². The summed E-state index contributed by atoms with van der Waals surface area (Å²) in [4.78, 5) is 15.8. The molecule has 0 aliphatic heterocycles. The van der Waals surface area contributed by atoms with E-state index in [9.17, 15) is 18.0 Å². The Kier molecular flexibility index (Phi) is 8.52. The Morgan fingerprint density at radius 2 is 1.79 bits per heavy atom. The van der Waals surface area contributed by atoms with Gasteiger partial charge in [0.25, 0.3) is 0 Å². The standard InChI is InChI=1S/C16H22ClF3N2O2/c1-21(2)8-9-22(11-13-3-5-14(17)6-4-13)15(23)7-10-24-12-16(18,19)20/h3-6H,7-12H2,1-2H3. The first-order valence-electron chi connectivity index (χ1n) is 7.49. The molecule has 8 heteroatoms. The summed E-state index contributed by atoms with van der Waals surface area (Å²) in [5, 5.41) is 0.602. The van der Waals surface area contributed by atoms with Crippen molar-refractivity contribution >= 4 is 17.5 Å². The summed E-state index contributed by atoms with van der Waals surface area (Å²) in [6.07, 6.45) is -4.46. The molecular formula is C16H22ClF3N2O2. The van der Waals surface area contributed by atoms with Crippen LogP contribution in [0.4, 0.5) is 13.2 Å². The van der Waals surface area contributed by atoms with Crippen LogP contribution in [0.15, 0.2) is 24.3 Å². The second-order valence-electron chi connectivity index (χ2n) is 5.66. The third-order valence-corrected chi connectivity index (χ3v) is 3.43. The monoisotopic (exact) mass is 366 g/mol. The summed E-state index contributed by atoms with van der Waals surface area (Å²) in [5.41, 5.74) is 0.905. The van der Waals surface area contributed by atoms with E-state index in [0.29, 0.717) is 24.7 Å². The van der Waals surface area contributed by atoms with Crippen LogP contribution < -0.4 is 0 Å². The van der Waals surface area contributed by atoms with Crippen LogP contribution >= 0.6 is 11.6 Å². The number of carbonyl (C=O) groups is 1. The van der Waals surface area contributed by atoms with E-state index in [4.69, 9.17) is 11.6 Å². The molecule has 0 saturated carbocycles. The number of alkyl halides is 3. The van der Waals surface area contributed by atoms with Crippen molar-refractivity contribution in [2.75, 3.05) is 40.4 Å². The molecule has 0 N–H and O–H groups in total. The minimum Gasteiger partial charge on any atom is -0.372 e. The average Bonchev–Trinajstić information content (AvgIpc) is 2.48. The van der Waals surface area contributed by atoms with Crippen LogP contribution in [0.2, 0.25) is 5.02 Å². The molecule has 0 saturated heterocycles. The van der Waals surface area contributed by atoms with Crippen molar-refractivity contribution in [2.45, 2.75) is 19.1 Å². The molecule has 24 heavy (non-hydrogen) atoms. The number of nitrogens with zero attached hydrogens (tertiary/aromatic N) is 2. The molecule has 0 bridgehead atoms. The fourth-order valence-electron chi connectivity index (χ4n) is 1.93. The lowest BCUT2D eigenvalue weighted by Crippen LogP contribution is -2.36. The average molecular weight is 367 g/mol. The zero-order valence-electron chi connectivity index (χ0n) is 13.8. The molecule has 0 fully saturated rings. The van der Waals surface area contributed by atoms with Gasteiger partial charge >= 0.3 is 6.18 Å². The minimum atomic E-state index is -4.38. The predicted octanol–water partition coefficient (Wildman–Crippen LogP) is 3.20. The van der Waals surface area contributed by atoms with Gasteiger partial charge in [0.2, 0.25) is 5.91 Å². The summed E-state index contributed by atoms with van der Waals surface area (Å²) in [5.74, 6) is -0.242. The predicted molar refractivity (Wildman–Crippen MR) is 86.9 cm³/mol. The van der Waals surface area contributed by atoms with Crippen molar-refractivity contribution in [3.63, 3.8) is 0 Å². The van der Waals surface area contributed by atoms with E-state index in [2.05, 4.69) is 4.74 Å². The number of likely N-dealkylation sites (N-methyl/N-ethyl adjacent to an activating group) is 1. The lowest BCUT2D eigenvalue weighted by atomic mass is 10.2. The second kappa shape index (κ2) is 9.86. The van der Waals surface area contributed by atoms with Crippen molar-refractivity contribution < 1.29 is 22.7 Å². The van der Waals surface area contributed by atoms with E-state index in [1.165, 1.54) is 0 Å². The molecule has 1 aromatic carbocycles. The Balaban J connectivity index is 2.56. The van der Waals surface area contributed by atoms with Crippen molar-refractivity contribution in [1.29, 1.82) is 0 Å². The van der Waals surface area contributed by atoms with Gasteiger partial charge < -0.3 is 14.5 Å². The Morgan fingerprint density at radius 1 is 1.17 bits per heavy atom. The molecule has 0 spiro atoms. The van der Waals surface area contributed by atoms with Crippen molar-refractivity contribution in [2.24, 2.45) is 0 Å². The number of hydrogen-bond acceptors (Lipinski definition) is 3. The molecule has 4 nitrogen and oxygen atoms in total. The van der Waals surface area contributed by atoms with E-state index in [-0.39, 0.29) is 18.9 Å². The van der Waals surface area contributed by atoms with Gasteiger partial charge in [-0.05, 0) is 31.8 Å². The number of rotatable bonds is 9. The van der Waals surface area contributed by atoms with Gasteiger partial charge in [-0.2, -0.15) is 13.2 Å². The van der Waals surface area contributed by atoms with Crippen molar-refractivity contribution in [3.05, 3.63) is 34.9 Å². The maximum absolute atomic E-state index is 12.3. The maximum atomic E-state index is 12.3. The molecule has 0 atom stereocenters. The quantitative estimate of drug-likeness (QED) is 0.629. The van der Waals surface area contributed by atoms with Gasteiger partial charge in [0.15, 0.2) is 0 Å². The molecule has 1 aromatic rings. The topological polar surface area (TPSA) is 32.8 Å². The third kappa shape index (κ3) is 9.10. The van der Waals surface area contributed by atoms with Crippen LogP contribution in [0.25, 0.3) is 0 Å². The molecule has 136 valence electrons. The molecule has 1 rings (SSSR count). The maximum Gasteiger partial charge on any atom is 0.411 e. The number of hydrogen-bond donors (Lipinski definition) is 0. The van der Waals surface area contributed by atoms with Crippen molar-refractivity contribution in [1.82, 2.24) is 9.80 Å². The third-order valence-electron chi connectivity index (χ3n) is 3.18. The summed E-state index contributed by atoms with van der Waals surface area (Å²) < 4.78 is 40.6. The number of benzene rings is 1. The van der Waals surface area contributed by atoms with Crippen molar-refractivity contribution in [3.8, 4) is 0 Å². The fraction of sp³-hybridized carbons (Fsp3) is 0.562. The normalized spacial score (nSPS) is 11.8. The summed E-state index contributed by atoms with van der Waals surface area (Å²) >= 11 is 5.84. The highest BCUT2D eigenvalue weighted by molar-refractivity contribution is 6.30. The smallest absolute Gasteiger partial charge is 0.372 e. The molecule has 0 aliphatic rings. The molecule has 0 radical (unpaired) electrons. The lowest BCUT2D eigenvalue weighted by molar-refractivity contribution is -0.175. The molecule has 0 aliphatic carbocycles. The molecule has 1 amide bonds. The lowest BCUT2D eigenvalue weighted by Gasteiger charge is -2.25. The fourth-order valence-corrected chi connectivity index (χ4v) is 2.05. The highest BCUT2D eigenvalue weighted by atomic mass is 35.5. The van der Waals surface area contributed by atoms with Crippen LogP contribution in [0.3, 0.4) is 0 Å². The van der Waals surface area contributed by atoms with Gasteiger partial charge in [-0.1, -0.05) is 23.7 Å². The highest BCUT2D eigenvalue weighted by Gasteiger charge is 2.27. The van der Waals surface area contributed by atoms with E-state index in [1.54, 1.807) is 17.0 Å². The largest absolute Gasteiger partial charge is 0.411 e. The van der Waals surface area contributed by atoms with Crippen LogP contribution in [0.5, 0.6) is 0 Å². The Bertz CT molecular complexity index is 507. The number of carbonyl (C=O) groups excluding carboxylic acids is 1. The van der Waals surface area contributed by atoms with E-state index in [0.717, 1.165) is 5.56 Å². The second-order valence-corrected chi connectivity index (χ2v) is 6.10. The minimum absolute atomic E-state index is 0.0862. The number of halogens is 4. The summed E-state index contributed by atoms with van der Waals surface area (Å²) in [7, 11) is 3.77. The molecule has 0 aromatic heterocycles. The zero-order valence-corrected chi connectivity index (χ0v) is 14.5. The van der Waals surface area contributed by atoms with Gasteiger partial charge in [-0.15, -0.1) is 0 Å².